The van der Waals surface area contributed by atoms with Crippen LogP contribution in [0.15, 0.2) is 65.8 Å². The molecule has 0 saturated carbocycles. The maximum absolute atomic E-state index is 13.1. The molecule has 2 N–H and O–H groups in total. The monoisotopic (exact) mass is 614 g/mol. The number of carboxylic acid groups (broad SMARTS) is 1. The number of fused-ring (bicyclic) bond motifs is 1. The lowest BCUT2D eigenvalue weighted by Gasteiger charge is -2.33. The summed E-state index contributed by atoms with van der Waals surface area (Å²) in [6.45, 7) is 3.17. The summed E-state index contributed by atoms with van der Waals surface area (Å²) in [4.78, 5) is 39.1. The summed E-state index contributed by atoms with van der Waals surface area (Å²) in [5.41, 5.74) is 5.18. The molecule has 1 amide bonds. The number of ether oxygens (including phenoxy) is 3. The number of nitrogens with zero attached hydrogens (tertiary/aromatic N) is 1. The largest absolute Gasteiger partial charge is 0.493 e. The van der Waals surface area contributed by atoms with Crippen molar-refractivity contribution in [3.05, 3.63) is 82.5 Å². The van der Waals surface area contributed by atoms with Crippen molar-refractivity contribution in [1.82, 2.24) is 4.90 Å². The van der Waals surface area contributed by atoms with Crippen LogP contribution in [0.1, 0.15) is 72.9 Å². The normalized spacial score (nSPS) is 16.6. The molecule has 2 aromatic rings. The first-order valence-corrected chi connectivity index (χ1v) is 15.7. The molecular formula is C36H42N2O7. The Balaban J connectivity index is 1.19. The fraction of sp³-hybridized carbons (Fsp3) is 0.417. The number of hydrogen-bond donors (Lipinski definition) is 2. The number of methoxy groups -OCH3 is 2. The molecule has 0 radical (unpaired) electrons. The number of hydrogen-bond acceptors (Lipinski definition) is 7. The highest BCUT2D eigenvalue weighted by Crippen LogP contribution is 2.43. The van der Waals surface area contributed by atoms with E-state index in [1.165, 1.54) is 17.7 Å². The molecule has 2 aromatic carbocycles. The Morgan fingerprint density at radius 3 is 2.40 bits per heavy atom. The third-order valence-electron chi connectivity index (χ3n) is 8.76. The van der Waals surface area contributed by atoms with Crippen molar-refractivity contribution in [3.8, 4) is 11.5 Å². The van der Waals surface area contributed by atoms with Crippen molar-refractivity contribution in [3.63, 3.8) is 0 Å². The highest BCUT2D eigenvalue weighted by molar-refractivity contribution is 5.92. The van der Waals surface area contributed by atoms with Gasteiger partial charge in [0.1, 0.15) is 5.76 Å². The summed E-state index contributed by atoms with van der Waals surface area (Å²) in [7, 11) is 3.21. The van der Waals surface area contributed by atoms with Crippen molar-refractivity contribution in [2.75, 3.05) is 39.2 Å². The fourth-order valence-corrected chi connectivity index (χ4v) is 6.32. The van der Waals surface area contributed by atoms with Gasteiger partial charge < -0.3 is 24.6 Å². The Morgan fingerprint density at radius 1 is 1.00 bits per heavy atom. The van der Waals surface area contributed by atoms with Crippen molar-refractivity contribution < 1.29 is 33.7 Å². The van der Waals surface area contributed by atoms with Crippen LogP contribution in [0, 0.1) is 5.92 Å². The number of amides is 1. The Hall–Kier alpha value is -4.37. The molecule has 3 aliphatic rings. The molecule has 2 aliphatic carbocycles. The van der Waals surface area contributed by atoms with Crippen LogP contribution in [-0.2, 0) is 20.7 Å². The lowest BCUT2D eigenvalue weighted by molar-refractivity contribution is -0.136. The van der Waals surface area contributed by atoms with E-state index in [1.54, 1.807) is 26.4 Å². The number of nitrogens with one attached hydrogen (secondary N) is 1. The minimum absolute atomic E-state index is 0.0915. The van der Waals surface area contributed by atoms with E-state index in [2.05, 4.69) is 28.4 Å². The van der Waals surface area contributed by atoms with E-state index in [-0.39, 0.29) is 30.3 Å². The summed E-state index contributed by atoms with van der Waals surface area (Å²) in [6.07, 6.45) is 13.2. The second-order valence-corrected chi connectivity index (χ2v) is 11.9. The third-order valence-corrected chi connectivity index (χ3v) is 8.76. The lowest BCUT2D eigenvalue weighted by Crippen LogP contribution is -2.35. The number of rotatable bonds is 13. The van der Waals surface area contributed by atoms with Crippen LogP contribution in [0.5, 0.6) is 11.5 Å². The van der Waals surface area contributed by atoms with E-state index in [0.717, 1.165) is 68.4 Å². The van der Waals surface area contributed by atoms with Crippen LogP contribution in [-0.4, -0.2) is 61.7 Å². The first-order valence-electron chi connectivity index (χ1n) is 15.7. The first kappa shape index (κ1) is 32.0. The topological polar surface area (TPSA) is 114 Å². The first-order chi connectivity index (χ1) is 21.8. The summed E-state index contributed by atoms with van der Waals surface area (Å²) >= 11 is 0. The molecule has 0 bridgehead atoms. The zero-order valence-electron chi connectivity index (χ0n) is 26.1. The predicted molar refractivity (Wildman–Crippen MR) is 172 cm³/mol. The molecule has 0 aromatic heterocycles. The van der Waals surface area contributed by atoms with Gasteiger partial charge in [-0.1, -0.05) is 23.8 Å². The van der Waals surface area contributed by atoms with E-state index in [0.29, 0.717) is 41.7 Å². The number of carboxylic acids is 1. The van der Waals surface area contributed by atoms with Gasteiger partial charge >= 0.3 is 11.9 Å². The van der Waals surface area contributed by atoms with Gasteiger partial charge in [-0.15, -0.1) is 0 Å². The number of aromatic carboxylic acids is 1. The molecule has 0 atom stereocenters. The van der Waals surface area contributed by atoms with Crippen molar-refractivity contribution in [1.29, 1.82) is 0 Å². The lowest BCUT2D eigenvalue weighted by atomic mass is 9.89. The fourth-order valence-electron chi connectivity index (χ4n) is 6.32. The van der Waals surface area contributed by atoms with Crippen molar-refractivity contribution >= 4 is 29.3 Å². The maximum Gasteiger partial charge on any atom is 0.335 e. The second-order valence-electron chi connectivity index (χ2n) is 11.9. The van der Waals surface area contributed by atoms with Crippen LogP contribution < -0.4 is 14.8 Å². The highest BCUT2D eigenvalue weighted by Gasteiger charge is 2.30. The molecule has 0 unspecified atom stereocenters. The van der Waals surface area contributed by atoms with Gasteiger partial charge in [-0.25, -0.2) is 4.79 Å². The molecule has 238 valence electrons. The number of piperidine rings is 1. The van der Waals surface area contributed by atoms with E-state index >= 15 is 0 Å². The minimum Gasteiger partial charge on any atom is -0.493 e. The van der Waals surface area contributed by atoms with Gasteiger partial charge in [0.2, 0.25) is 5.91 Å². The standard InChI is InChI=1S/C36H42N2O7/c1-43-31-21-27-20-28(19-24-15-17-38(18-16-24)23-25-7-4-3-5-8-25)35(30(27)22-32(31)44-2)45-34(40)10-6-9-33(39)37-29-13-11-26(12-14-29)36(41)42/h3-4,7,11-14,21-22,24H,5-6,8-10,15-20,23H2,1-2H3,(H,37,39)(H,41,42). The van der Waals surface area contributed by atoms with Crippen LogP contribution in [0.2, 0.25) is 0 Å². The van der Waals surface area contributed by atoms with Crippen LogP contribution in [0.4, 0.5) is 5.69 Å². The van der Waals surface area contributed by atoms with Crippen LogP contribution in [0.25, 0.3) is 5.76 Å². The van der Waals surface area contributed by atoms with Crippen LogP contribution in [0.3, 0.4) is 0 Å². The number of carbonyl (C=O) groups is 3. The molecule has 1 aliphatic heterocycles. The second kappa shape index (κ2) is 15.1. The molecule has 9 heteroatoms. The van der Waals surface area contributed by atoms with Gasteiger partial charge in [-0.05, 0) is 111 Å². The number of allylic oxidation sites excluding steroid dienone is 4. The Kier molecular flexibility index (Phi) is 10.7. The minimum atomic E-state index is -1.03. The zero-order chi connectivity index (χ0) is 31.8. The molecule has 1 saturated heterocycles. The van der Waals surface area contributed by atoms with Crippen molar-refractivity contribution in [2.45, 2.75) is 57.8 Å². The smallest absolute Gasteiger partial charge is 0.335 e. The number of likely N-dealkylation sites (tertiary alicyclic amines) is 1. The molecule has 9 nitrogen and oxygen atoms in total. The van der Waals surface area contributed by atoms with Gasteiger partial charge in [0.25, 0.3) is 0 Å². The van der Waals surface area contributed by atoms with Gasteiger partial charge in [-0.2, -0.15) is 0 Å². The van der Waals surface area contributed by atoms with E-state index in [4.69, 9.17) is 19.3 Å². The van der Waals surface area contributed by atoms with Gasteiger partial charge in [-0.3, -0.25) is 14.5 Å². The number of anilines is 1. The highest BCUT2D eigenvalue weighted by atomic mass is 16.5. The SMILES string of the molecule is COc1cc2c(cc1OC)C(OC(=O)CCCC(=O)Nc1ccc(C(=O)O)cc1)=C(CC1CCN(CC3=CC=CCC3)CC1)C2. The van der Waals surface area contributed by atoms with E-state index in [1.807, 2.05) is 12.1 Å². The van der Waals surface area contributed by atoms with E-state index < -0.39 is 5.97 Å². The molecule has 5 rings (SSSR count). The number of esters is 1. The third kappa shape index (κ3) is 8.42. The summed E-state index contributed by atoms with van der Waals surface area (Å²) in [5.74, 6) is 0.687. The number of carbonyl (C=O) groups excluding carboxylic acids is 2. The molecule has 0 spiro atoms. The quantitative estimate of drug-likeness (QED) is 0.249. The van der Waals surface area contributed by atoms with E-state index in [9.17, 15) is 14.4 Å². The van der Waals surface area contributed by atoms with Gasteiger partial charge in [0, 0.05) is 30.6 Å². The predicted octanol–water partition coefficient (Wildman–Crippen LogP) is 6.40. The Labute approximate surface area is 264 Å². The molecule has 1 heterocycles. The summed E-state index contributed by atoms with van der Waals surface area (Å²) in [6, 6.07) is 9.81. The Bertz CT molecular complexity index is 1500. The molecule has 45 heavy (non-hydrogen) atoms. The number of benzene rings is 2. The summed E-state index contributed by atoms with van der Waals surface area (Å²) < 4.78 is 17.2. The Morgan fingerprint density at radius 2 is 1.73 bits per heavy atom. The zero-order valence-corrected chi connectivity index (χ0v) is 26.1. The average molecular weight is 615 g/mol. The average Bonchev–Trinajstić information content (AvgIpc) is 3.36. The van der Waals surface area contributed by atoms with Gasteiger partial charge in [0.05, 0.1) is 19.8 Å². The van der Waals surface area contributed by atoms with Gasteiger partial charge in [0.15, 0.2) is 11.5 Å². The van der Waals surface area contributed by atoms with Crippen molar-refractivity contribution in [2.24, 2.45) is 5.92 Å². The maximum atomic E-state index is 13.1. The molecule has 1 fully saturated rings. The molecular weight excluding hydrogens is 572 g/mol. The van der Waals surface area contributed by atoms with Crippen LogP contribution >= 0.6 is 0 Å². The summed E-state index contributed by atoms with van der Waals surface area (Å²) in [5, 5.41) is 11.8.